The molecule has 1 saturated heterocycles. The van der Waals surface area contributed by atoms with Gasteiger partial charge in [0.25, 0.3) is 0 Å². The standard InChI is InChI=1S/C10H10FN3S/c1-6-4-15-9-8(6)12-5-13-10(9)14-2-7(11)3-14/h4-5,7H,2-3H2,1H3. The number of hydrogen-bond acceptors (Lipinski definition) is 4. The first kappa shape index (κ1) is 9.03. The minimum Gasteiger partial charge on any atom is -0.349 e. The Hall–Kier alpha value is -1.23. The summed E-state index contributed by atoms with van der Waals surface area (Å²) in [5.74, 6) is 0.881. The highest BCUT2D eigenvalue weighted by Gasteiger charge is 2.29. The molecule has 5 heteroatoms. The minimum atomic E-state index is -0.698. The van der Waals surface area contributed by atoms with Crippen LogP contribution < -0.4 is 4.90 Å². The van der Waals surface area contributed by atoms with E-state index in [-0.39, 0.29) is 0 Å². The first-order chi connectivity index (χ1) is 7.25. The van der Waals surface area contributed by atoms with E-state index in [2.05, 4.69) is 15.3 Å². The second-order valence-corrected chi connectivity index (χ2v) is 4.68. The van der Waals surface area contributed by atoms with Gasteiger partial charge in [-0.1, -0.05) is 0 Å². The molecule has 0 spiro atoms. The second kappa shape index (κ2) is 3.13. The lowest BCUT2D eigenvalue weighted by molar-refractivity contribution is 0.274. The molecule has 0 aromatic carbocycles. The topological polar surface area (TPSA) is 29.0 Å². The molecule has 15 heavy (non-hydrogen) atoms. The number of nitrogens with zero attached hydrogens (tertiary/aromatic N) is 3. The number of alkyl halides is 1. The van der Waals surface area contributed by atoms with Crippen LogP contribution in [0.25, 0.3) is 10.2 Å². The van der Waals surface area contributed by atoms with Crippen molar-refractivity contribution in [1.82, 2.24) is 9.97 Å². The fraction of sp³-hybridized carbons (Fsp3) is 0.400. The van der Waals surface area contributed by atoms with Gasteiger partial charge >= 0.3 is 0 Å². The van der Waals surface area contributed by atoms with Crippen LogP contribution in [0.1, 0.15) is 5.56 Å². The molecule has 0 radical (unpaired) electrons. The molecule has 0 saturated carbocycles. The average molecular weight is 223 g/mol. The lowest BCUT2D eigenvalue weighted by atomic mass is 10.2. The third kappa shape index (κ3) is 1.30. The molecule has 1 aliphatic rings. The fourth-order valence-electron chi connectivity index (χ4n) is 1.78. The van der Waals surface area contributed by atoms with Gasteiger partial charge in [0, 0.05) is 0 Å². The van der Waals surface area contributed by atoms with Crippen LogP contribution in [-0.2, 0) is 0 Å². The van der Waals surface area contributed by atoms with Crippen molar-refractivity contribution < 1.29 is 4.39 Å². The summed E-state index contributed by atoms with van der Waals surface area (Å²) in [6, 6.07) is 0. The highest BCUT2D eigenvalue weighted by atomic mass is 32.1. The van der Waals surface area contributed by atoms with E-state index >= 15 is 0 Å². The third-order valence-electron chi connectivity index (χ3n) is 2.65. The van der Waals surface area contributed by atoms with Crippen molar-refractivity contribution in [2.45, 2.75) is 13.1 Å². The molecule has 1 fully saturated rings. The molecule has 2 aromatic rings. The Morgan fingerprint density at radius 3 is 3.00 bits per heavy atom. The quantitative estimate of drug-likeness (QED) is 0.741. The normalized spacial score (nSPS) is 17.1. The fourth-order valence-corrected chi connectivity index (χ4v) is 2.80. The van der Waals surface area contributed by atoms with Gasteiger partial charge in [-0.3, -0.25) is 0 Å². The Kier molecular flexibility index (Phi) is 1.88. The summed E-state index contributed by atoms with van der Waals surface area (Å²) in [7, 11) is 0. The van der Waals surface area contributed by atoms with Gasteiger partial charge in [-0.2, -0.15) is 0 Å². The summed E-state index contributed by atoms with van der Waals surface area (Å²) in [5, 5.41) is 2.07. The molecule has 1 aliphatic heterocycles. The highest BCUT2D eigenvalue weighted by molar-refractivity contribution is 7.18. The molecule has 0 atom stereocenters. The Morgan fingerprint density at radius 1 is 1.47 bits per heavy atom. The van der Waals surface area contributed by atoms with Crippen LogP contribution in [0.3, 0.4) is 0 Å². The SMILES string of the molecule is Cc1csc2c(N3CC(F)C3)ncnc12. The summed E-state index contributed by atoms with van der Waals surface area (Å²) >= 11 is 1.63. The second-order valence-electron chi connectivity index (χ2n) is 3.80. The van der Waals surface area contributed by atoms with Crippen molar-refractivity contribution in [3.8, 4) is 0 Å². The molecule has 0 bridgehead atoms. The monoisotopic (exact) mass is 223 g/mol. The zero-order valence-electron chi connectivity index (χ0n) is 8.27. The molecule has 0 aliphatic carbocycles. The van der Waals surface area contributed by atoms with Crippen molar-refractivity contribution in [2.24, 2.45) is 0 Å². The molecule has 0 amide bonds. The summed E-state index contributed by atoms with van der Waals surface area (Å²) in [5.41, 5.74) is 2.16. The van der Waals surface area contributed by atoms with E-state index < -0.39 is 6.17 Å². The number of rotatable bonds is 1. The van der Waals surface area contributed by atoms with Gasteiger partial charge in [-0.25, -0.2) is 14.4 Å². The van der Waals surface area contributed by atoms with Crippen molar-refractivity contribution in [3.63, 3.8) is 0 Å². The zero-order chi connectivity index (χ0) is 10.4. The van der Waals surface area contributed by atoms with Crippen molar-refractivity contribution >= 4 is 27.4 Å². The highest BCUT2D eigenvalue weighted by Crippen LogP contribution is 2.33. The van der Waals surface area contributed by atoms with Crippen molar-refractivity contribution in [2.75, 3.05) is 18.0 Å². The van der Waals surface area contributed by atoms with E-state index in [9.17, 15) is 4.39 Å². The van der Waals surface area contributed by atoms with Crippen LogP contribution in [0.4, 0.5) is 10.2 Å². The van der Waals surface area contributed by atoms with Gasteiger partial charge in [0.1, 0.15) is 18.3 Å². The van der Waals surface area contributed by atoms with Crippen molar-refractivity contribution in [1.29, 1.82) is 0 Å². The number of halogens is 1. The van der Waals surface area contributed by atoms with Gasteiger partial charge in [0.2, 0.25) is 0 Å². The number of fused-ring (bicyclic) bond motifs is 1. The van der Waals surface area contributed by atoms with Gasteiger partial charge in [0.05, 0.1) is 23.3 Å². The van der Waals surface area contributed by atoms with E-state index in [1.165, 1.54) is 0 Å². The Bertz CT molecular complexity index is 504. The Balaban J connectivity index is 2.10. The molecule has 3 rings (SSSR count). The minimum absolute atomic E-state index is 0.461. The molecular formula is C10H10FN3S. The van der Waals surface area contributed by atoms with E-state index in [1.807, 2.05) is 11.8 Å². The van der Waals surface area contributed by atoms with Crippen molar-refractivity contribution in [3.05, 3.63) is 17.3 Å². The first-order valence-electron chi connectivity index (χ1n) is 4.83. The average Bonchev–Trinajstić information content (AvgIpc) is 2.56. The van der Waals surface area contributed by atoms with E-state index in [0.717, 1.165) is 21.6 Å². The number of hydrogen-bond donors (Lipinski definition) is 0. The number of aryl methyl sites for hydroxylation is 1. The predicted molar refractivity (Wildman–Crippen MR) is 59.3 cm³/mol. The molecule has 0 N–H and O–H groups in total. The van der Waals surface area contributed by atoms with Crippen LogP contribution in [0.5, 0.6) is 0 Å². The Morgan fingerprint density at radius 2 is 2.27 bits per heavy atom. The summed E-state index contributed by atoms with van der Waals surface area (Å²) in [6.45, 7) is 2.95. The maximum absolute atomic E-state index is 12.8. The van der Waals surface area contributed by atoms with Crippen LogP contribution in [0, 0.1) is 6.92 Å². The van der Waals surface area contributed by atoms with E-state index in [1.54, 1.807) is 17.7 Å². The summed E-state index contributed by atoms with van der Waals surface area (Å²) in [4.78, 5) is 10.4. The van der Waals surface area contributed by atoms with E-state index in [0.29, 0.717) is 13.1 Å². The van der Waals surface area contributed by atoms with Gasteiger partial charge in [-0.15, -0.1) is 11.3 Å². The number of aromatic nitrogens is 2. The Labute approximate surface area is 90.6 Å². The van der Waals surface area contributed by atoms with Crippen LogP contribution in [0.2, 0.25) is 0 Å². The maximum Gasteiger partial charge on any atom is 0.150 e. The molecular weight excluding hydrogens is 213 g/mol. The molecule has 3 heterocycles. The van der Waals surface area contributed by atoms with Gasteiger partial charge in [0.15, 0.2) is 0 Å². The smallest absolute Gasteiger partial charge is 0.150 e. The number of thiophene rings is 1. The van der Waals surface area contributed by atoms with Gasteiger partial charge < -0.3 is 4.90 Å². The zero-order valence-corrected chi connectivity index (χ0v) is 9.09. The third-order valence-corrected chi connectivity index (χ3v) is 3.73. The molecule has 78 valence electrons. The van der Waals surface area contributed by atoms with Gasteiger partial charge in [-0.05, 0) is 17.9 Å². The summed E-state index contributed by atoms with van der Waals surface area (Å²) < 4.78 is 13.8. The molecule has 3 nitrogen and oxygen atoms in total. The van der Waals surface area contributed by atoms with E-state index in [4.69, 9.17) is 0 Å². The van der Waals surface area contributed by atoms with Crippen LogP contribution in [0.15, 0.2) is 11.7 Å². The summed E-state index contributed by atoms with van der Waals surface area (Å²) in [6.07, 6.45) is 0.860. The molecule has 0 unspecified atom stereocenters. The lowest BCUT2D eigenvalue weighted by Gasteiger charge is -2.35. The lowest BCUT2D eigenvalue weighted by Crippen LogP contribution is -2.48. The number of anilines is 1. The first-order valence-corrected chi connectivity index (χ1v) is 5.71. The predicted octanol–water partition coefficient (Wildman–Crippen LogP) is 2.16. The molecule has 2 aromatic heterocycles. The van der Waals surface area contributed by atoms with Crippen LogP contribution >= 0.6 is 11.3 Å². The van der Waals surface area contributed by atoms with Crippen LogP contribution in [-0.4, -0.2) is 29.2 Å². The maximum atomic E-state index is 12.8. The largest absolute Gasteiger partial charge is 0.349 e.